The summed E-state index contributed by atoms with van der Waals surface area (Å²) in [5, 5.41) is 6.37. The summed E-state index contributed by atoms with van der Waals surface area (Å²) in [6.45, 7) is 0.412. The van der Waals surface area contributed by atoms with Crippen molar-refractivity contribution in [3.8, 4) is 0 Å². The van der Waals surface area contributed by atoms with Crippen molar-refractivity contribution >= 4 is 50.7 Å². The number of halogens is 1. The molecule has 1 fully saturated rings. The molecular formula is C17H19BrN6O2. The van der Waals surface area contributed by atoms with E-state index in [0.29, 0.717) is 19.4 Å². The maximum Gasteiger partial charge on any atom is 0.268 e. The van der Waals surface area contributed by atoms with Crippen molar-refractivity contribution in [2.24, 2.45) is 16.5 Å². The van der Waals surface area contributed by atoms with Gasteiger partial charge in [0.2, 0.25) is 5.91 Å². The van der Waals surface area contributed by atoms with Crippen LogP contribution in [0.1, 0.15) is 18.4 Å². The van der Waals surface area contributed by atoms with E-state index < -0.39 is 6.04 Å². The number of nitrogens with zero attached hydrogens (tertiary/aromatic N) is 1. The molecule has 1 aliphatic rings. The Morgan fingerprint density at radius 2 is 2.12 bits per heavy atom. The second-order valence-electron chi connectivity index (χ2n) is 5.96. The molecule has 0 saturated carbocycles. The number of hydrogen-bond acceptors (Lipinski definition) is 3. The van der Waals surface area contributed by atoms with Gasteiger partial charge in [0, 0.05) is 33.7 Å². The molecule has 0 spiro atoms. The monoisotopic (exact) mass is 418 g/mol. The van der Waals surface area contributed by atoms with Gasteiger partial charge in [0.25, 0.3) is 5.91 Å². The van der Waals surface area contributed by atoms with E-state index in [-0.39, 0.29) is 23.5 Å². The fraction of sp³-hybridized carbons (Fsp3) is 0.235. The first-order valence-electron chi connectivity index (χ1n) is 8.09. The molecule has 7 N–H and O–H groups in total. The first kappa shape index (κ1) is 18.0. The number of carbonyl (C=O) groups excluding carboxylic acids is 2. The third kappa shape index (κ3) is 4.05. The minimum Gasteiger partial charge on any atom is -0.370 e. The van der Waals surface area contributed by atoms with Crippen molar-refractivity contribution in [2.75, 3.05) is 6.54 Å². The van der Waals surface area contributed by atoms with Gasteiger partial charge >= 0.3 is 0 Å². The molecule has 1 atom stereocenters. The highest BCUT2D eigenvalue weighted by Crippen LogP contribution is 2.24. The molecule has 8 nitrogen and oxygen atoms in total. The van der Waals surface area contributed by atoms with Crippen LogP contribution in [0.2, 0.25) is 0 Å². The smallest absolute Gasteiger partial charge is 0.268 e. The van der Waals surface area contributed by atoms with E-state index in [4.69, 9.17) is 11.5 Å². The van der Waals surface area contributed by atoms with E-state index in [2.05, 4.69) is 36.5 Å². The Balaban J connectivity index is 1.70. The Hall–Kier alpha value is -2.81. The third-order valence-corrected chi connectivity index (χ3v) is 4.54. The van der Waals surface area contributed by atoms with Gasteiger partial charge in [-0.2, -0.15) is 0 Å². The van der Waals surface area contributed by atoms with Gasteiger partial charge in [-0.25, -0.2) is 0 Å². The van der Waals surface area contributed by atoms with E-state index in [1.54, 1.807) is 12.3 Å². The number of rotatable bonds is 5. The lowest BCUT2D eigenvalue weighted by atomic mass is 10.1. The third-order valence-electron chi connectivity index (χ3n) is 4.05. The summed E-state index contributed by atoms with van der Waals surface area (Å²) in [6, 6.07) is 5.22. The molecule has 3 rings (SSSR count). The highest BCUT2D eigenvalue weighted by molar-refractivity contribution is 9.10. The molecule has 0 bridgehead atoms. The number of piperazine rings is 1. The van der Waals surface area contributed by atoms with E-state index in [0.717, 1.165) is 20.9 Å². The first-order chi connectivity index (χ1) is 12.4. The summed E-state index contributed by atoms with van der Waals surface area (Å²) < 4.78 is 0.957. The lowest BCUT2D eigenvalue weighted by molar-refractivity contribution is -0.131. The standard InChI is InChI=1S/C17H19BrN6O2/c18-10-3-4-11-9(8-22-13(11)7-10)6-14-16(26)23-12(15(25)24-14)2-1-5-21-17(19)20/h3-4,6-8,12,22H,1-2,5H2,(H,23,26)(H,24,25)(H4,19,20,21)/b14-6+/t12-/m0/s1. The summed E-state index contributed by atoms with van der Waals surface area (Å²) >= 11 is 3.42. The number of aromatic amines is 1. The van der Waals surface area contributed by atoms with Gasteiger partial charge < -0.3 is 27.1 Å². The quantitative estimate of drug-likeness (QED) is 0.213. The van der Waals surface area contributed by atoms with Crippen LogP contribution >= 0.6 is 15.9 Å². The predicted molar refractivity (Wildman–Crippen MR) is 104 cm³/mol. The maximum atomic E-state index is 12.3. The molecular weight excluding hydrogens is 400 g/mol. The molecule has 1 saturated heterocycles. The molecule has 26 heavy (non-hydrogen) atoms. The lowest BCUT2D eigenvalue weighted by Crippen LogP contribution is -2.54. The van der Waals surface area contributed by atoms with Crippen molar-refractivity contribution in [3.63, 3.8) is 0 Å². The fourth-order valence-corrected chi connectivity index (χ4v) is 3.14. The topological polar surface area (TPSA) is 138 Å². The molecule has 2 heterocycles. The summed E-state index contributed by atoms with van der Waals surface area (Å²) in [6.07, 6.45) is 4.51. The summed E-state index contributed by atoms with van der Waals surface area (Å²) in [5.41, 5.74) is 12.5. The van der Waals surface area contributed by atoms with Crippen LogP contribution in [0.25, 0.3) is 17.0 Å². The highest BCUT2D eigenvalue weighted by Gasteiger charge is 2.29. The van der Waals surface area contributed by atoms with Gasteiger partial charge in [0.15, 0.2) is 5.96 Å². The maximum absolute atomic E-state index is 12.3. The zero-order chi connectivity index (χ0) is 18.7. The molecule has 0 radical (unpaired) electrons. The lowest BCUT2D eigenvalue weighted by Gasteiger charge is -2.24. The van der Waals surface area contributed by atoms with Crippen LogP contribution in [0.3, 0.4) is 0 Å². The van der Waals surface area contributed by atoms with E-state index in [1.165, 1.54) is 0 Å². The van der Waals surface area contributed by atoms with Crippen LogP contribution in [0.4, 0.5) is 0 Å². The Bertz CT molecular complexity index is 913. The van der Waals surface area contributed by atoms with Crippen molar-refractivity contribution < 1.29 is 9.59 Å². The summed E-state index contributed by atoms with van der Waals surface area (Å²) in [7, 11) is 0. The number of nitrogens with one attached hydrogen (secondary N) is 3. The van der Waals surface area contributed by atoms with Crippen molar-refractivity contribution in [2.45, 2.75) is 18.9 Å². The Morgan fingerprint density at radius 1 is 1.31 bits per heavy atom. The Kier molecular flexibility index (Phi) is 5.27. The van der Waals surface area contributed by atoms with Gasteiger partial charge in [-0.3, -0.25) is 14.6 Å². The van der Waals surface area contributed by atoms with Crippen molar-refractivity contribution in [1.82, 2.24) is 15.6 Å². The minimum atomic E-state index is -0.590. The minimum absolute atomic E-state index is 0.0121. The second-order valence-corrected chi connectivity index (χ2v) is 6.87. The fourth-order valence-electron chi connectivity index (χ4n) is 2.78. The van der Waals surface area contributed by atoms with Crippen LogP contribution in [0.5, 0.6) is 0 Å². The number of benzene rings is 1. The molecule has 0 unspecified atom stereocenters. The Labute approximate surface area is 158 Å². The molecule has 1 aliphatic heterocycles. The number of guanidine groups is 1. The van der Waals surface area contributed by atoms with Crippen LogP contribution in [-0.4, -0.2) is 35.3 Å². The van der Waals surface area contributed by atoms with E-state index >= 15 is 0 Å². The van der Waals surface area contributed by atoms with Crippen LogP contribution < -0.4 is 22.1 Å². The van der Waals surface area contributed by atoms with Crippen LogP contribution in [-0.2, 0) is 9.59 Å². The SMILES string of the molecule is NC(N)=NCCC[C@@H]1NC(=O)/C(=C\c2c[nH]c3cc(Br)ccc23)NC1=O. The average Bonchev–Trinajstić information content (AvgIpc) is 2.97. The Morgan fingerprint density at radius 3 is 2.88 bits per heavy atom. The molecule has 2 aromatic rings. The number of fused-ring (bicyclic) bond motifs is 1. The summed E-state index contributed by atoms with van der Waals surface area (Å²) in [5.74, 6) is -0.552. The number of nitrogens with two attached hydrogens (primary N) is 2. The van der Waals surface area contributed by atoms with E-state index in [9.17, 15) is 9.59 Å². The zero-order valence-corrected chi connectivity index (χ0v) is 15.5. The highest BCUT2D eigenvalue weighted by atomic mass is 79.9. The number of carbonyl (C=O) groups is 2. The predicted octanol–water partition coefficient (Wildman–Crippen LogP) is 0.940. The molecule has 2 amide bonds. The molecule has 1 aromatic carbocycles. The zero-order valence-electron chi connectivity index (χ0n) is 13.9. The van der Waals surface area contributed by atoms with Crippen molar-refractivity contribution in [3.05, 3.63) is 40.1 Å². The number of hydrogen-bond donors (Lipinski definition) is 5. The van der Waals surface area contributed by atoms with Crippen LogP contribution in [0.15, 0.2) is 39.6 Å². The molecule has 1 aromatic heterocycles. The van der Waals surface area contributed by atoms with Crippen molar-refractivity contribution in [1.29, 1.82) is 0 Å². The molecule has 9 heteroatoms. The van der Waals surface area contributed by atoms with Gasteiger partial charge in [-0.05, 0) is 31.1 Å². The van der Waals surface area contributed by atoms with Crippen LogP contribution in [0, 0.1) is 0 Å². The number of aliphatic imine (C=N–C) groups is 1. The normalized spacial score (nSPS) is 18.7. The van der Waals surface area contributed by atoms with Gasteiger partial charge in [-0.1, -0.05) is 22.0 Å². The number of aromatic nitrogens is 1. The second kappa shape index (κ2) is 7.61. The largest absolute Gasteiger partial charge is 0.370 e. The number of amides is 2. The number of H-pyrrole nitrogens is 1. The molecule has 136 valence electrons. The summed E-state index contributed by atoms with van der Waals surface area (Å²) in [4.78, 5) is 31.6. The van der Waals surface area contributed by atoms with Gasteiger partial charge in [-0.15, -0.1) is 0 Å². The van der Waals surface area contributed by atoms with E-state index in [1.807, 2.05) is 18.2 Å². The van der Waals surface area contributed by atoms with Gasteiger partial charge in [0.05, 0.1) is 0 Å². The molecule has 0 aliphatic carbocycles. The average molecular weight is 419 g/mol. The first-order valence-corrected chi connectivity index (χ1v) is 8.89. The van der Waals surface area contributed by atoms with Gasteiger partial charge in [0.1, 0.15) is 11.7 Å².